The third kappa shape index (κ3) is 4.18. The van der Waals surface area contributed by atoms with E-state index in [4.69, 9.17) is 16.0 Å². The van der Waals surface area contributed by atoms with Crippen LogP contribution in [-0.2, 0) is 13.1 Å². The van der Waals surface area contributed by atoms with Gasteiger partial charge in [-0.25, -0.2) is 0 Å². The Hall–Kier alpha value is -3.02. The summed E-state index contributed by atoms with van der Waals surface area (Å²) in [6.45, 7) is 6.56. The van der Waals surface area contributed by atoms with E-state index in [1.807, 2.05) is 35.2 Å². The Kier molecular flexibility index (Phi) is 5.77. The monoisotopic (exact) mass is 447 g/mol. The fraction of sp³-hybridized carbons (Fsp3) is 0.269. The minimum Gasteiger partial charge on any atom is -0.463 e. The van der Waals surface area contributed by atoms with Crippen molar-refractivity contribution in [2.24, 2.45) is 0 Å². The highest BCUT2D eigenvalue weighted by atomic mass is 35.5. The maximum atomic E-state index is 13.5. The summed E-state index contributed by atoms with van der Waals surface area (Å²) < 4.78 is 7.69. The molecule has 0 N–H and O–H groups in total. The van der Waals surface area contributed by atoms with E-state index >= 15 is 0 Å². The normalized spacial score (nSPS) is 14.9. The van der Waals surface area contributed by atoms with Gasteiger partial charge in [-0.3, -0.25) is 9.69 Å². The van der Waals surface area contributed by atoms with Crippen LogP contribution in [0.2, 0.25) is 5.02 Å². The lowest BCUT2D eigenvalue weighted by Gasteiger charge is -2.35. The maximum absolute atomic E-state index is 13.5. The van der Waals surface area contributed by atoms with Crippen LogP contribution in [0.4, 0.5) is 0 Å². The molecular weight excluding hydrogens is 422 g/mol. The summed E-state index contributed by atoms with van der Waals surface area (Å²) in [5.41, 5.74) is 5.89. The van der Waals surface area contributed by atoms with Crippen molar-refractivity contribution in [1.29, 1.82) is 0 Å². The molecule has 6 heteroatoms. The topological polar surface area (TPSA) is 41.6 Å². The molecule has 2 aromatic carbocycles. The lowest BCUT2D eigenvalue weighted by atomic mass is 10.1. The summed E-state index contributed by atoms with van der Waals surface area (Å²) in [6, 6.07) is 20.2. The van der Waals surface area contributed by atoms with Crippen molar-refractivity contribution in [3.8, 4) is 0 Å². The van der Waals surface area contributed by atoms with Gasteiger partial charge in [0.05, 0.1) is 11.8 Å². The first-order valence-corrected chi connectivity index (χ1v) is 11.3. The average molecular weight is 448 g/mol. The number of hydrogen-bond acceptors (Lipinski definition) is 3. The molecule has 0 atom stereocenters. The standard InChI is InChI=1S/C26H26ClN3O2/c1-19-6-8-20(9-7-19)17-30-23-10-15-32-25(23)16-24(30)26(31)29-13-11-28(12-14-29)18-21-4-2-3-5-22(21)27/h2-10,15-16H,11-14,17-18H2,1H3. The van der Waals surface area contributed by atoms with Crippen LogP contribution < -0.4 is 0 Å². The summed E-state index contributed by atoms with van der Waals surface area (Å²) in [7, 11) is 0. The van der Waals surface area contributed by atoms with Gasteiger partial charge in [0.1, 0.15) is 5.69 Å². The van der Waals surface area contributed by atoms with E-state index < -0.39 is 0 Å². The van der Waals surface area contributed by atoms with E-state index in [2.05, 4.69) is 46.7 Å². The number of nitrogens with zero attached hydrogens (tertiary/aromatic N) is 3. The van der Waals surface area contributed by atoms with E-state index in [0.717, 1.165) is 46.9 Å². The van der Waals surface area contributed by atoms with E-state index in [1.165, 1.54) is 5.56 Å². The first-order chi connectivity index (χ1) is 15.6. The van der Waals surface area contributed by atoms with Gasteiger partial charge < -0.3 is 13.9 Å². The van der Waals surface area contributed by atoms with Gasteiger partial charge in [0, 0.05) is 56.4 Å². The van der Waals surface area contributed by atoms with Crippen LogP contribution in [0.3, 0.4) is 0 Å². The number of furan rings is 1. The van der Waals surface area contributed by atoms with Gasteiger partial charge in [-0.15, -0.1) is 0 Å². The number of benzene rings is 2. The highest BCUT2D eigenvalue weighted by Gasteiger charge is 2.26. The van der Waals surface area contributed by atoms with Gasteiger partial charge in [-0.05, 0) is 24.1 Å². The van der Waals surface area contributed by atoms with Gasteiger partial charge in [0.2, 0.25) is 0 Å². The van der Waals surface area contributed by atoms with Gasteiger partial charge >= 0.3 is 0 Å². The molecule has 0 aliphatic carbocycles. The van der Waals surface area contributed by atoms with Gasteiger partial charge in [0.15, 0.2) is 5.58 Å². The lowest BCUT2D eigenvalue weighted by molar-refractivity contribution is 0.0619. The van der Waals surface area contributed by atoms with E-state index in [-0.39, 0.29) is 5.91 Å². The predicted octanol–water partition coefficient (Wildman–Crippen LogP) is 5.20. The number of rotatable bonds is 5. The van der Waals surface area contributed by atoms with E-state index in [9.17, 15) is 4.79 Å². The number of aromatic nitrogens is 1. The van der Waals surface area contributed by atoms with Crippen LogP contribution >= 0.6 is 11.6 Å². The first-order valence-electron chi connectivity index (χ1n) is 11.0. The zero-order valence-corrected chi connectivity index (χ0v) is 18.9. The molecule has 2 aromatic heterocycles. The molecule has 5 rings (SSSR count). The number of amides is 1. The van der Waals surface area contributed by atoms with E-state index in [1.54, 1.807) is 6.26 Å². The number of carbonyl (C=O) groups is 1. The molecule has 0 saturated carbocycles. The van der Waals surface area contributed by atoms with Gasteiger partial charge in [-0.1, -0.05) is 59.6 Å². The second kappa shape index (κ2) is 8.85. The molecule has 0 spiro atoms. The highest BCUT2D eigenvalue weighted by molar-refractivity contribution is 6.31. The first kappa shape index (κ1) is 20.9. The van der Waals surface area contributed by atoms with Crippen LogP contribution in [0.25, 0.3) is 11.1 Å². The number of hydrogen-bond donors (Lipinski definition) is 0. The molecular formula is C26H26ClN3O2. The number of carbonyl (C=O) groups excluding carboxylic acids is 1. The maximum Gasteiger partial charge on any atom is 0.270 e. The van der Waals surface area contributed by atoms with Crippen LogP contribution in [0.1, 0.15) is 27.2 Å². The third-order valence-corrected chi connectivity index (χ3v) is 6.58. The Balaban J connectivity index is 1.31. The fourth-order valence-electron chi connectivity index (χ4n) is 4.34. The molecule has 1 amide bonds. The molecule has 5 nitrogen and oxygen atoms in total. The molecule has 1 saturated heterocycles. The SMILES string of the molecule is Cc1ccc(Cn2c(C(=O)N3CCN(Cc4ccccc4Cl)CC3)cc3occc32)cc1. The molecule has 3 heterocycles. The Morgan fingerprint density at radius 3 is 2.47 bits per heavy atom. The minimum absolute atomic E-state index is 0.0564. The van der Waals surface area contributed by atoms with Crippen molar-refractivity contribution >= 4 is 28.6 Å². The summed E-state index contributed by atoms with van der Waals surface area (Å²) in [5.74, 6) is 0.0564. The average Bonchev–Trinajstić information content (AvgIpc) is 3.39. The van der Waals surface area contributed by atoms with Gasteiger partial charge in [-0.2, -0.15) is 0 Å². The lowest BCUT2D eigenvalue weighted by Crippen LogP contribution is -2.48. The summed E-state index contributed by atoms with van der Waals surface area (Å²) >= 11 is 6.32. The zero-order chi connectivity index (χ0) is 22.1. The number of piperazine rings is 1. The molecule has 1 aliphatic rings. The minimum atomic E-state index is 0.0564. The van der Waals surface area contributed by atoms with Crippen molar-refractivity contribution in [3.63, 3.8) is 0 Å². The third-order valence-electron chi connectivity index (χ3n) is 6.21. The molecule has 0 radical (unpaired) electrons. The molecule has 0 unspecified atom stereocenters. The molecule has 1 aliphatic heterocycles. The van der Waals surface area contributed by atoms with Crippen molar-refractivity contribution in [1.82, 2.24) is 14.4 Å². The zero-order valence-electron chi connectivity index (χ0n) is 18.1. The van der Waals surface area contributed by atoms with E-state index in [0.29, 0.717) is 25.3 Å². The van der Waals surface area contributed by atoms with Crippen LogP contribution in [0.5, 0.6) is 0 Å². The second-order valence-corrected chi connectivity index (χ2v) is 8.84. The fourth-order valence-corrected chi connectivity index (χ4v) is 4.53. The van der Waals surface area contributed by atoms with Crippen molar-refractivity contribution in [3.05, 3.63) is 94.3 Å². The molecule has 1 fully saturated rings. The van der Waals surface area contributed by atoms with Crippen LogP contribution in [0.15, 0.2) is 71.3 Å². The van der Waals surface area contributed by atoms with Crippen molar-refractivity contribution in [2.45, 2.75) is 20.0 Å². The summed E-state index contributed by atoms with van der Waals surface area (Å²) in [6.07, 6.45) is 1.68. The Labute approximate surface area is 192 Å². The largest absolute Gasteiger partial charge is 0.463 e. The summed E-state index contributed by atoms with van der Waals surface area (Å²) in [5, 5.41) is 0.794. The number of fused-ring (bicyclic) bond motifs is 1. The van der Waals surface area contributed by atoms with Crippen LogP contribution in [-0.4, -0.2) is 46.5 Å². The number of aryl methyl sites for hydroxylation is 1. The smallest absolute Gasteiger partial charge is 0.270 e. The Morgan fingerprint density at radius 2 is 1.72 bits per heavy atom. The van der Waals surface area contributed by atoms with Crippen LogP contribution in [0, 0.1) is 6.92 Å². The molecule has 164 valence electrons. The Morgan fingerprint density at radius 1 is 0.969 bits per heavy atom. The molecule has 0 bridgehead atoms. The highest BCUT2D eigenvalue weighted by Crippen LogP contribution is 2.25. The van der Waals surface area contributed by atoms with Gasteiger partial charge in [0.25, 0.3) is 5.91 Å². The number of halogens is 1. The predicted molar refractivity (Wildman–Crippen MR) is 127 cm³/mol. The Bertz CT molecular complexity index is 1230. The van der Waals surface area contributed by atoms with Crippen molar-refractivity contribution in [2.75, 3.05) is 26.2 Å². The molecule has 4 aromatic rings. The summed E-state index contributed by atoms with van der Waals surface area (Å²) in [4.78, 5) is 17.8. The molecule has 32 heavy (non-hydrogen) atoms. The van der Waals surface area contributed by atoms with Crippen molar-refractivity contribution < 1.29 is 9.21 Å². The quantitative estimate of drug-likeness (QED) is 0.422. The second-order valence-electron chi connectivity index (χ2n) is 8.43.